The summed E-state index contributed by atoms with van der Waals surface area (Å²) in [7, 11) is 1.68. The second-order valence-corrected chi connectivity index (χ2v) is 8.87. The number of hydrogen-bond donors (Lipinski definition) is 0. The Hall–Kier alpha value is -1.32. The van der Waals surface area contributed by atoms with Gasteiger partial charge < -0.3 is 0 Å². The minimum Gasteiger partial charge on any atom is -0.268 e. The molecular formula is C17H30N2O2. The van der Waals surface area contributed by atoms with Gasteiger partial charge in [0.1, 0.15) is 0 Å². The van der Waals surface area contributed by atoms with Gasteiger partial charge in [-0.3, -0.25) is 14.3 Å². The molecule has 0 aliphatic rings. The molecule has 0 saturated carbocycles. The van der Waals surface area contributed by atoms with Crippen molar-refractivity contribution in [3.8, 4) is 0 Å². The molecule has 4 nitrogen and oxygen atoms in total. The van der Waals surface area contributed by atoms with E-state index in [0.717, 1.165) is 0 Å². The summed E-state index contributed by atoms with van der Waals surface area (Å²) in [5.41, 5.74) is -0.0743. The van der Waals surface area contributed by atoms with E-state index >= 15 is 0 Å². The summed E-state index contributed by atoms with van der Waals surface area (Å²) in [6.45, 7) is 17.8. The van der Waals surface area contributed by atoms with Crippen LogP contribution in [0.5, 0.6) is 0 Å². The van der Waals surface area contributed by atoms with Crippen molar-refractivity contribution in [1.82, 2.24) is 9.36 Å². The highest BCUT2D eigenvalue weighted by Gasteiger charge is 2.34. The van der Waals surface area contributed by atoms with Gasteiger partial charge >= 0.3 is 0 Å². The zero-order valence-electron chi connectivity index (χ0n) is 15.2. The minimum atomic E-state index is -0.443. The maximum atomic E-state index is 13.1. The Bertz CT molecular complexity index is 657. The van der Waals surface area contributed by atoms with Crippen molar-refractivity contribution in [2.75, 3.05) is 0 Å². The highest BCUT2D eigenvalue weighted by atomic mass is 16.2. The van der Waals surface area contributed by atoms with E-state index in [-0.39, 0.29) is 21.9 Å². The van der Waals surface area contributed by atoms with E-state index in [1.807, 2.05) is 62.3 Å². The van der Waals surface area contributed by atoms with Crippen molar-refractivity contribution in [2.45, 2.75) is 78.7 Å². The van der Waals surface area contributed by atoms with E-state index in [9.17, 15) is 9.59 Å². The van der Waals surface area contributed by atoms with Crippen LogP contribution < -0.4 is 11.1 Å². The lowest BCUT2D eigenvalue weighted by Crippen LogP contribution is -2.51. The highest BCUT2D eigenvalue weighted by molar-refractivity contribution is 5.34. The first-order valence-corrected chi connectivity index (χ1v) is 7.48. The van der Waals surface area contributed by atoms with Gasteiger partial charge in [0.2, 0.25) is 0 Å². The molecule has 0 unspecified atom stereocenters. The van der Waals surface area contributed by atoms with E-state index in [2.05, 4.69) is 0 Å². The van der Waals surface area contributed by atoms with Crippen LogP contribution in [0.2, 0.25) is 0 Å². The van der Waals surface area contributed by atoms with Crippen LogP contribution in [0.15, 0.2) is 9.59 Å². The molecule has 1 aromatic heterocycles. The first kappa shape index (κ1) is 17.7. The van der Waals surface area contributed by atoms with Gasteiger partial charge in [0, 0.05) is 18.2 Å². The number of hydrogen-bond acceptors (Lipinski definition) is 2. The fourth-order valence-electron chi connectivity index (χ4n) is 2.85. The Kier molecular flexibility index (Phi) is 4.10. The third kappa shape index (κ3) is 3.14. The van der Waals surface area contributed by atoms with Gasteiger partial charge in [-0.15, -0.1) is 0 Å². The van der Waals surface area contributed by atoms with E-state index in [4.69, 9.17) is 0 Å². The van der Waals surface area contributed by atoms with Crippen LogP contribution in [0, 0.1) is 0 Å². The van der Waals surface area contributed by atoms with Gasteiger partial charge in [0.15, 0.2) is 0 Å². The van der Waals surface area contributed by atoms with Crippen molar-refractivity contribution in [1.29, 1.82) is 0 Å². The van der Waals surface area contributed by atoms with E-state index in [1.165, 1.54) is 4.68 Å². The average molecular weight is 294 g/mol. The highest BCUT2D eigenvalue weighted by Crippen LogP contribution is 2.29. The van der Waals surface area contributed by atoms with Gasteiger partial charge in [-0.2, -0.15) is 0 Å². The molecule has 1 heterocycles. The molecule has 0 atom stereocenters. The summed E-state index contributed by atoms with van der Waals surface area (Å²) >= 11 is 0. The Balaban J connectivity index is 4.16. The second kappa shape index (κ2) is 4.85. The standard InChI is InChI=1S/C17H30N2O2/c1-15(2,3)11-12(16(4,5)6)14(21)19(17(7,8)9)18(10)13(11)20/h1-10H3. The molecule has 1 rings (SSSR count). The molecule has 0 fully saturated rings. The van der Waals surface area contributed by atoms with Crippen LogP contribution in [0.1, 0.15) is 73.4 Å². The summed E-state index contributed by atoms with van der Waals surface area (Å²) in [4.78, 5) is 26.0. The molecule has 0 aliphatic heterocycles. The molecule has 0 amide bonds. The zero-order valence-corrected chi connectivity index (χ0v) is 15.2. The SMILES string of the molecule is Cn1c(=O)c(C(C)(C)C)c(C(C)(C)C)c(=O)n1C(C)(C)C. The van der Waals surface area contributed by atoms with E-state index < -0.39 is 5.54 Å². The zero-order chi connectivity index (χ0) is 17.0. The third-order valence-electron chi connectivity index (χ3n) is 3.60. The van der Waals surface area contributed by atoms with Gasteiger partial charge in [-0.25, -0.2) is 4.68 Å². The quantitative estimate of drug-likeness (QED) is 0.738. The normalized spacial score (nSPS) is 13.6. The van der Waals surface area contributed by atoms with Crippen LogP contribution in [0.4, 0.5) is 0 Å². The molecule has 0 bridgehead atoms. The Morgan fingerprint density at radius 1 is 0.667 bits per heavy atom. The first-order valence-electron chi connectivity index (χ1n) is 7.48. The smallest absolute Gasteiger partial charge is 0.268 e. The van der Waals surface area contributed by atoms with E-state index in [1.54, 1.807) is 11.7 Å². The Morgan fingerprint density at radius 3 is 1.29 bits per heavy atom. The second-order valence-electron chi connectivity index (χ2n) is 8.87. The van der Waals surface area contributed by atoms with Crippen LogP contribution >= 0.6 is 0 Å². The van der Waals surface area contributed by atoms with Gasteiger partial charge in [-0.05, 0) is 31.6 Å². The predicted octanol–water partition coefficient (Wildman–Crippen LogP) is 2.90. The van der Waals surface area contributed by atoms with Gasteiger partial charge in [0.25, 0.3) is 11.1 Å². The summed E-state index contributed by atoms with van der Waals surface area (Å²) in [5.74, 6) is 0. The van der Waals surface area contributed by atoms with Crippen LogP contribution in [0.25, 0.3) is 0 Å². The van der Waals surface area contributed by atoms with Crippen molar-refractivity contribution in [3.05, 3.63) is 31.8 Å². The van der Waals surface area contributed by atoms with Crippen LogP contribution in [-0.2, 0) is 23.4 Å². The monoisotopic (exact) mass is 294 g/mol. The van der Waals surface area contributed by atoms with Crippen molar-refractivity contribution < 1.29 is 0 Å². The molecule has 0 N–H and O–H groups in total. The lowest BCUT2D eigenvalue weighted by atomic mass is 9.76. The summed E-state index contributed by atoms with van der Waals surface area (Å²) in [6, 6.07) is 0. The van der Waals surface area contributed by atoms with Gasteiger partial charge in [-0.1, -0.05) is 41.5 Å². The average Bonchev–Trinajstić information content (AvgIpc) is 2.17. The first-order chi connectivity index (χ1) is 9.10. The maximum absolute atomic E-state index is 13.1. The molecular weight excluding hydrogens is 264 g/mol. The lowest BCUT2D eigenvalue weighted by Gasteiger charge is -2.33. The Labute approximate surface area is 127 Å². The largest absolute Gasteiger partial charge is 0.269 e. The third-order valence-corrected chi connectivity index (χ3v) is 3.60. The molecule has 0 aliphatic carbocycles. The minimum absolute atomic E-state index is 0.0676. The molecule has 120 valence electrons. The maximum Gasteiger partial charge on any atom is 0.269 e. The molecule has 1 aromatic rings. The van der Waals surface area contributed by atoms with Crippen LogP contribution in [-0.4, -0.2) is 9.36 Å². The summed E-state index contributed by atoms with van der Waals surface area (Å²) < 4.78 is 3.04. The molecule has 4 heteroatoms. The lowest BCUT2D eigenvalue weighted by molar-refractivity contribution is 0.277. The predicted molar refractivity (Wildman–Crippen MR) is 88.3 cm³/mol. The summed E-state index contributed by atoms with van der Waals surface area (Å²) in [6.07, 6.45) is 0. The molecule has 0 radical (unpaired) electrons. The summed E-state index contributed by atoms with van der Waals surface area (Å²) in [5, 5.41) is 0. The fourth-order valence-corrected chi connectivity index (χ4v) is 2.85. The van der Waals surface area contributed by atoms with E-state index in [0.29, 0.717) is 11.1 Å². The number of rotatable bonds is 0. The molecule has 0 saturated heterocycles. The Morgan fingerprint density at radius 2 is 1.00 bits per heavy atom. The number of nitrogens with zero attached hydrogens (tertiary/aromatic N) is 2. The van der Waals surface area contributed by atoms with Gasteiger partial charge in [0.05, 0.1) is 5.54 Å². The fraction of sp³-hybridized carbons (Fsp3) is 0.765. The van der Waals surface area contributed by atoms with Crippen LogP contribution in [0.3, 0.4) is 0 Å². The van der Waals surface area contributed by atoms with Crippen molar-refractivity contribution in [2.24, 2.45) is 7.05 Å². The van der Waals surface area contributed by atoms with Crippen molar-refractivity contribution >= 4 is 0 Å². The number of aromatic nitrogens is 2. The molecule has 21 heavy (non-hydrogen) atoms. The topological polar surface area (TPSA) is 44.0 Å². The molecule has 0 spiro atoms. The molecule has 0 aromatic carbocycles. The van der Waals surface area contributed by atoms with Crippen molar-refractivity contribution in [3.63, 3.8) is 0 Å².